The van der Waals surface area contributed by atoms with Crippen LogP contribution in [0.4, 0.5) is 0 Å². The lowest BCUT2D eigenvalue weighted by Crippen LogP contribution is -2.11. The maximum atomic E-state index is 11.5. The third-order valence-electron chi connectivity index (χ3n) is 2.73. The van der Waals surface area contributed by atoms with Crippen molar-refractivity contribution in [3.8, 4) is 0 Å². The van der Waals surface area contributed by atoms with Crippen molar-refractivity contribution >= 4 is 28.6 Å². The van der Waals surface area contributed by atoms with Crippen LogP contribution in [0.5, 0.6) is 0 Å². The Labute approximate surface area is 110 Å². The molecule has 0 fully saturated rings. The number of aromatic nitrogens is 1. The molecule has 2 aromatic rings. The van der Waals surface area contributed by atoms with Gasteiger partial charge in [-0.15, -0.1) is 0 Å². The van der Waals surface area contributed by atoms with E-state index in [0.717, 1.165) is 10.8 Å². The number of fused-ring (bicyclic) bond motifs is 1. The average Bonchev–Trinajstić information content (AvgIpc) is 2.43. The van der Waals surface area contributed by atoms with Gasteiger partial charge in [0, 0.05) is 11.6 Å². The van der Waals surface area contributed by atoms with E-state index in [1.165, 1.54) is 20.1 Å². The molecular formula is C15H13NO3. The number of hydrogen-bond acceptors (Lipinski definition) is 4. The van der Waals surface area contributed by atoms with E-state index in [2.05, 4.69) is 9.72 Å². The van der Waals surface area contributed by atoms with Crippen LogP contribution in [0.15, 0.2) is 42.1 Å². The largest absolute Gasteiger partial charge is 0.465 e. The molecule has 1 aromatic heterocycles. The minimum absolute atomic E-state index is 0.00900. The zero-order valence-corrected chi connectivity index (χ0v) is 10.7. The second-order valence-electron chi connectivity index (χ2n) is 4.06. The van der Waals surface area contributed by atoms with Gasteiger partial charge in [-0.05, 0) is 24.5 Å². The third-order valence-corrected chi connectivity index (χ3v) is 2.73. The summed E-state index contributed by atoms with van der Waals surface area (Å²) < 4.78 is 4.58. The van der Waals surface area contributed by atoms with Crippen LogP contribution in [-0.2, 0) is 14.3 Å². The molecule has 0 N–H and O–H groups in total. The van der Waals surface area contributed by atoms with Gasteiger partial charge in [0.2, 0.25) is 0 Å². The quantitative estimate of drug-likeness (QED) is 0.366. The summed E-state index contributed by atoms with van der Waals surface area (Å²) in [5, 5.41) is 2.00. The SMILES string of the molecule is COC(=O)C(=Cc1cc2ccccc2cn1)C(C)=O. The molecule has 0 aliphatic carbocycles. The first-order chi connectivity index (χ1) is 9.11. The minimum Gasteiger partial charge on any atom is -0.465 e. The first kappa shape index (κ1) is 13.0. The zero-order chi connectivity index (χ0) is 13.8. The van der Waals surface area contributed by atoms with Crippen molar-refractivity contribution in [1.29, 1.82) is 0 Å². The highest BCUT2D eigenvalue weighted by Gasteiger charge is 2.14. The van der Waals surface area contributed by atoms with Gasteiger partial charge in [0.15, 0.2) is 5.78 Å². The lowest BCUT2D eigenvalue weighted by Gasteiger charge is -2.02. The van der Waals surface area contributed by atoms with Gasteiger partial charge in [-0.1, -0.05) is 24.3 Å². The number of carbonyl (C=O) groups excluding carboxylic acids is 2. The topological polar surface area (TPSA) is 56.3 Å². The number of esters is 1. The molecule has 96 valence electrons. The van der Waals surface area contributed by atoms with E-state index in [4.69, 9.17) is 0 Å². The van der Waals surface area contributed by atoms with E-state index in [1.807, 2.05) is 30.3 Å². The number of Topliss-reactive ketones (excluding diaryl/α,β-unsaturated/α-hetero) is 1. The molecule has 2 rings (SSSR count). The maximum Gasteiger partial charge on any atom is 0.341 e. The second-order valence-corrected chi connectivity index (χ2v) is 4.06. The fourth-order valence-electron chi connectivity index (χ4n) is 1.74. The molecule has 0 aliphatic rings. The van der Waals surface area contributed by atoms with Crippen LogP contribution in [-0.4, -0.2) is 23.8 Å². The van der Waals surface area contributed by atoms with Crippen LogP contribution < -0.4 is 0 Å². The van der Waals surface area contributed by atoms with Gasteiger partial charge in [-0.2, -0.15) is 0 Å². The Hall–Kier alpha value is -2.49. The van der Waals surface area contributed by atoms with Gasteiger partial charge < -0.3 is 4.74 Å². The summed E-state index contributed by atoms with van der Waals surface area (Å²) >= 11 is 0. The summed E-state index contributed by atoms with van der Waals surface area (Å²) in [4.78, 5) is 27.1. The number of ketones is 1. The van der Waals surface area contributed by atoms with E-state index >= 15 is 0 Å². The van der Waals surface area contributed by atoms with Crippen molar-refractivity contribution in [1.82, 2.24) is 4.98 Å². The third kappa shape index (κ3) is 2.85. The molecule has 0 bridgehead atoms. The van der Waals surface area contributed by atoms with Gasteiger partial charge in [-0.3, -0.25) is 9.78 Å². The highest BCUT2D eigenvalue weighted by Crippen LogP contribution is 2.15. The van der Waals surface area contributed by atoms with Crippen molar-refractivity contribution in [3.63, 3.8) is 0 Å². The Balaban J connectivity index is 2.48. The molecule has 0 amide bonds. The Kier molecular flexibility index (Phi) is 3.71. The zero-order valence-electron chi connectivity index (χ0n) is 10.7. The first-order valence-electron chi connectivity index (χ1n) is 5.77. The number of nitrogens with zero attached hydrogens (tertiary/aromatic N) is 1. The van der Waals surface area contributed by atoms with Crippen molar-refractivity contribution in [2.45, 2.75) is 6.92 Å². The lowest BCUT2D eigenvalue weighted by atomic mass is 10.1. The van der Waals surface area contributed by atoms with Crippen molar-refractivity contribution < 1.29 is 14.3 Å². The van der Waals surface area contributed by atoms with Crippen LogP contribution in [0.2, 0.25) is 0 Å². The minimum atomic E-state index is -0.651. The molecule has 4 nitrogen and oxygen atoms in total. The molecule has 0 radical (unpaired) electrons. The molecule has 1 aromatic carbocycles. The Bertz CT molecular complexity index is 674. The maximum absolute atomic E-state index is 11.5. The number of ether oxygens (including phenoxy) is 1. The Morgan fingerprint density at radius 2 is 1.89 bits per heavy atom. The summed E-state index contributed by atoms with van der Waals surface area (Å²) in [5.41, 5.74) is 0.541. The van der Waals surface area contributed by atoms with Crippen LogP contribution in [0, 0.1) is 0 Å². The normalized spacial score (nSPS) is 11.4. The number of benzene rings is 1. The molecule has 1 heterocycles. The summed E-state index contributed by atoms with van der Waals surface area (Å²) in [6, 6.07) is 9.56. The Morgan fingerprint density at radius 1 is 1.21 bits per heavy atom. The molecule has 19 heavy (non-hydrogen) atoms. The van der Waals surface area contributed by atoms with Gasteiger partial charge in [0.05, 0.1) is 12.8 Å². The van der Waals surface area contributed by atoms with E-state index in [9.17, 15) is 9.59 Å². The predicted molar refractivity (Wildman–Crippen MR) is 72.4 cm³/mol. The summed E-state index contributed by atoms with van der Waals surface area (Å²) in [5.74, 6) is -0.996. The highest BCUT2D eigenvalue weighted by atomic mass is 16.5. The molecule has 0 unspecified atom stereocenters. The first-order valence-corrected chi connectivity index (χ1v) is 5.77. The standard InChI is InChI=1S/C15H13NO3/c1-10(17)14(15(18)19-2)8-13-7-11-5-3-4-6-12(11)9-16-13/h3-9H,1-2H3. The number of hydrogen-bond donors (Lipinski definition) is 0. The second kappa shape index (κ2) is 5.44. The van der Waals surface area contributed by atoms with E-state index < -0.39 is 5.97 Å². The average molecular weight is 255 g/mol. The van der Waals surface area contributed by atoms with Gasteiger partial charge in [0.25, 0.3) is 0 Å². The monoisotopic (exact) mass is 255 g/mol. The molecule has 4 heteroatoms. The smallest absolute Gasteiger partial charge is 0.341 e. The lowest BCUT2D eigenvalue weighted by molar-refractivity contribution is -0.137. The van der Waals surface area contributed by atoms with E-state index in [0.29, 0.717) is 5.69 Å². The van der Waals surface area contributed by atoms with Gasteiger partial charge in [0.1, 0.15) is 5.57 Å². The van der Waals surface area contributed by atoms with Gasteiger partial charge >= 0.3 is 5.97 Å². The van der Waals surface area contributed by atoms with Crippen molar-refractivity contribution in [3.05, 3.63) is 47.8 Å². The van der Waals surface area contributed by atoms with Crippen molar-refractivity contribution in [2.75, 3.05) is 7.11 Å². The van der Waals surface area contributed by atoms with E-state index in [1.54, 1.807) is 6.20 Å². The van der Waals surface area contributed by atoms with Crippen LogP contribution in [0.3, 0.4) is 0 Å². The Morgan fingerprint density at radius 3 is 2.53 bits per heavy atom. The number of rotatable bonds is 3. The molecule has 0 saturated heterocycles. The summed E-state index contributed by atoms with van der Waals surface area (Å²) in [6.07, 6.45) is 3.15. The molecule has 0 saturated carbocycles. The highest BCUT2D eigenvalue weighted by molar-refractivity contribution is 6.19. The summed E-state index contributed by atoms with van der Waals surface area (Å²) in [6.45, 7) is 1.32. The molecule has 0 atom stereocenters. The molecule has 0 spiro atoms. The van der Waals surface area contributed by atoms with E-state index in [-0.39, 0.29) is 11.4 Å². The fourth-order valence-corrected chi connectivity index (χ4v) is 1.74. The molecule has 0 aliphatic heterocycles. The fraction of sp³-hybridized carbons (Fsp3) is 0.133. The molecular weight excluding hydrogens is 242 g/mol. The van der Waals surface area contributed by atoms with Crippen LogP contribution in [0.25, 0.3) is 16.8 Å². The van der Waals surface area contributed by atoms with Gasteiger partial charge in [-0.25, -0.2) is 4.79 Å². The van der Waals surface area contributed by atoms with Crippen LogP contribution in [0.1, 0.15) is 12.6 Å². The predicted octanol–water partition coefficient (Wildman–Crippen LogP) is 2.38. The summed E-state index contributed by atoms with van der Waals surface area (Å²) in [7, 11) is 1.24. The number of methoxy groups -OCH3 is 1. The van der Waals surface area contributed by atoms with Crippen molar-refractivity contribution in [2.24, 2.45) is 0 Å². The number of pyridine rings is 1. The number of carbonyl (C=O) groups is 2. The van der Waals surface area contributed by atoms with Crippen LogP contribution >= 0.6 is 0 Å².